The van der Waals surface area contributed by atoms with Gasteiger partial charge >= 0.3 is 0 Å². The van der Waals surface area contributed by atoms with Gasteiger partial charge in [-0.05, 0) is 59.2 Å². The molecule has 0 saturated heterocycles. The van der Waals surface area contributed by atoms with E-state index in [1.165, 1.54) is 21.5 Å². The summed E-state index contributed by atoms with van der Waals surface area (Å²) in [4.78, 5) is 16.0. The summed E-state index contributed by atoms with van der Waals surface area (Å²) >= 11 is 0. The van der Waals surface area contributed by atoms with Gasteiger partial charge in [-0.3, -0.25) is 0 Å². The lowest BCUT2D eigenvalue weighted by molar-refractivity contribution is 1.06. The molecule has 0 bridgehead atoms. The fraction of sp³-hybridized carbons (Fsp3) is 0. The van der Waals surface area contributed by atoms with Crippen molar-refractivity contribution in [1.29, 1.82) is 0 Å². The third-order valence-electron chi connectivity index (χ3n) is 12.0. The topological polar surface area (TPSA) is 48.5 Å². The molecule has 290 valence electrons. The molecule has 0 fully saturated rings. The van der Waals surface area contributed by atoms with E-state index >= 15 is 0 Å². The number of rotatable bonds is 7. The fourth-order valence-corrected chi connectivity index (χ4v) is 9.14. The molecule has 5 nitrogen and oxygen atoms in total. The van der Waals surface area contributed by atoms with Crippen molar-refractivity contribution in [3.05, 3.63) is 224 Å². The van der Waals surface area contributed by atoms with Crippen LogP contribution >= 0.6 is 0 Å². The highest BCUT2D eigenvalue weighted by atomic mass is 15.1. The van der Waals surface area contributed by atoms with Crippen LogP contribution in [0.25, 0.3) is 111 Å². The van der Waals surface area contributed by atoms with Gasteiger partial charge in [-0.25, -0.2) is 15.0 Å². The zero-order valence-corrected chi connectivity index (χ0v) is 33.6. The van der Waals surface area contributed by atoms with Gasteiger partial charge < -0.3 is 9.13 Å². The van der Waals surface area contributed by atoms with Gasteiger partial charge in [-0.1, -0.05) is 182 Å². The van der Waals surface area contributed by atoms with Gasteiger partial charge in [-0.2, -0.15) is 0 Å². The Morgan fingerprint density at radius 1 is 0.242 bits per heavy atom. The molecule has 5 heteroatoms. The number of benzene rings is 9. The van der Waals surface area contributed by atoms with Crippen molar-refractivity contribution in [2.24, 2.45) is 0 Å². The summed E-state index contributed by atoms with van der Waals surface area (Å²) < 4.78 is 4.76. The first-order chi connectivity index (χ1) is 30.8. The molecule has 9 aromatic carbocycles. The predicted molar refractivity (Wildman–Crippen MR) is 256 cm³/mol. The molecule has 0 N–H and O–H groups in total. The number of nitrogens with zero attached hydrogens (tertiary/aromatic N) is 5. The van der Waals surface area contributed by atoms with Crippen LogP contribution in [0.5, 0.6) is 0 Å². The molecule has 0 spiro atoms. The average molecular weight is 792 g/mol. The maximum Gasteiger partial charge on any atom is 0.166 e. The number of hydrogen-bond acceptors (Lipinski definition) is 3. The smallest absolute Gasteiger partial charge is 0.166 e. The Hall–Kier alpha value is -8.41. The SMILES string of the molecule is c1ccc(-c2ccc(-c3nc(-c4ccccc4)nc(-c4ccc(-c5ccccc5)c(-n5c6ccccc6c6ccccc65)c4)n3)c(-n3c4ccccc4c4ccccc43)c2)cc1. The molecule has 12 rings (SSSR count). The van der Waals surface area contributed by atoms with E-state index in [1.807, 2.05) is 18.2 Å². The lowest BCUT2D eigenvalue weighted by Crippen LogP contribution is -2.05. The average Bonchev–Trinajstić information content (AvgIpc) is 3.87. The molecule has 0 atom stereocenters. The van der Waals surface area contributed by atoms with Crippen LogP contribution in [-0.4, -0.2) is 24.1 Å². The fourth-order valence-electron chi connectivity index (χ4n) is 9.14. The Morgan fingerprint density at radius 3 is 1.11 bits per heavy atom. The molecule has 0 aliphatic rings. The van der Waals surface area contributed by atoms with Crippen molar-refractivity contribution in [2.45, 2.75) is 0 Å². The maximum atomic E-state index is 5.44. The minimum atomic E-state index is 0.593. The highest BCUT2D eigenvalue weighted by Crippen LogP contribution is 2.41. The molecule has 0 aliphatic heterocycles. The lowest BCUT2D eigenvalue weighted by atomic mass is 10.00. The summed E-state index contributed by atoms with van der Waals surface area (Å²) in [6.45, 7) is 0. The second kappa shape index (κ2) is 14.7. The molecular formula is C57H37N5. The molecule has 0 amide bonds. The maximum absolute atomic E-state index is 5.44. The van der Waals surface area contributed by atoms with Gasteiger partial charge in [0.15, 0.2) is 17.5 Å². The van der Waals surface area contributed by atoms with Crippen molar-refractivity contribution in [2.75, 3.05) is 0 Å². The summed E-state index contributed by atoms with van der Waals surface area (Å²) in [5.41, 5.74) is 13.7. The van der Waals surface area contributed by atoms with Gasteiger partial charge in [-0.15, -0.1) is 0 Å². The van der Waals surface area contributed by atoms with Crippen molar-refractivity contribution in [1.82, 2.24) is 24.1 Å². The van der Waals surface area contributed by atoms with E-state index in [1.54, 1.807) is 0 Å². The second-order valence-corrected chi connectivity index (χ2v) is 15.6. The van der Waals surface area contributed by atoms with Crippen LogP contribution in [0.1, 0.15) is 0 Å². The van der Waals surface area contributed by atoms with Gasteiger partial charge in [0.25, 0.3) is 0 Å². The van der Waals surface area contributed by atoms with Crippen LogP contribution in [0.4, 0.5) is 0 Å². The van der Waals surface area contributed by atoms with Crippen LogP contribution in [0.2, 0.25) is 0 Å². The number of fused-ring (bicyclic) bond motifs is 6. The Labute approximate surface area is 358 Å². The first-order valence-corrected chi connectivity index (χ1v) is 21.0. The molecular weight excluding hydrogens is 755 g/mol. The largest absolute Gasteiger partial charge is 0.309 e. The molecule has 62 heavy (non-hydrogen) atoms. The van der Waals surface area contributed by atoms with E-state index in [2.05, 4.69) is 215 Å². The summed E-state index contributed by atoms with van der Waals surface area (Å²) in [5, 5.41) is 4.80. The summed E-state index contributed by atoms with van der Waals surface area (Å²) in [6, 6.07) is 79.2. The van der Waals surface area contributed by atoms with Crippen LogP contribution in [0.3, 0.4) is 0 Å². The second-order valence-electron chi connectivity index (χ2n) is 15.6. The zero-order chi connectivity index (χ0) is 41.0. The van der Waals surface area contributed by atoms with Gasteiger partial charge in [0.2, 0.25) is 0 Å². The normalized spacial score (nSPS) is 11.5. The van der Waals surface area contributed by atoms with E-state index < -0.39 is 0 Å². The molecule has 0 saturated carbocycles. The van der Waals surface area contributed by atoms with Crippen LogP contribution in [0, 0.1) is 0 Å². The molecule has 12 aromatic rings. The highest BCUT2D eigenvalue weighted by Gasteiger charge is 2.22. The summed E-state index contributed by atoms with van der Waals surface area (Å²) in [5.74, 6) is 1.79. The van der Waals surface area contributed by atoms with Crippen molar-refractivity contribution in [3.63, 3.8) is 0 Å². The van der Waals surface area contributed by atoms with Crippen molar-refractivity contribution >= 4 is 43.6 Å². The lowest BCUT2D eigenvalue weighted by Gasteiger charge is -2.17. The minimum absolute atomic E-state index is 0.593. The Morgan fingerprint density at radius 2 is 0.597 bits per heavy atom. The third-order valence-corrected chi connectivity index (χ3v) is 12.0. The molecule has 3 aromatic heterocycles. The highest BCUT2D eigenvalue weighted by molar-refractivity contribution is 6.11. The monoisotopic (exact) mass is 791 g/mol. The zero-order valence-electron chi connectivity index (χ0n) is 33.6. The first kappa shape index (κ1) is 35.5. The summed E-state index contributed by atoms with van der Waals surface area (Å²) in [7, 11) is 0. The minimum Gasteiger partial charge on any atom is -0.309 e. The third kappa shape index (κ3) is 5.90. The van der Waals surface area contributed by atoms with Crippen LogP contribution in [0.15, 0.2) is 224 Å². The predicted octanol–water partition coefficient (Wildman–Crippen LogP) is 14.4. The van der Waals surface area contributed by atoms with Gasteiger partial charge in [0.05, 0.1) is 33.4 Å². The quantitative estimate of drug-likeness (QED) is 0.162. The van der Waals surface area contributed by atoms with E-state index in [4.69, 9.17) is 15.0 Å². The van der Waals surface area contributed by atoms with Crippen molar-refractivity contribution < 1.29 is 0 Å². The van der Waals surface area contributed by atoms with Gasteiger partial charge in [0, 0.05) is 43.8 Å². The molecule has 3 heterocycles. The Balaban J connectivity index is 1.14. The number of para-hydroxylation sites is 4. The number of hydrogen-bond donors (Lipinski definition) is 0. The van der Waals surface area contributed by atoms with Crippen LogP contribution < -0.4 is 0 Å². The van der Waals surface area contributed by atoms with E-state index in [9.17, 15) is 0 Å². The van der Waals surface area contributed by atoms with Crippen molar-refractivity contribution in [3.8, 4) is 67.8 Å². The standard InChI is InChI=1S/C57H37N5/c1-4-18-38(19-5-1)41-32-35-48(54(36-41)62-51-30-16-12-26-46(51)47-27-13-17-31-52(47)62)57-59-55(40-22-8-3-9-23-40)58-56(60-57)42-33-34-43(39-20-6-2-7-21-39)53(37-42)61-49-28-14-10-24-44(49)45-25-11-15-29-50(45)61/h1-37H. The number of aromatic nitrogens is 5. The Bertz CT molecular complexity index is 3520. The van der Waals surface area contributed by atoms with E-state index in [0.717, 1.165) is 72.4 Å². The van der Waals surface area contributed by atoms with Gasteiger partial charge in [0.1, 0.15) is 0 Å². The molecule has 0 unspecified atom stereocenters. The molecule has 0 radical (unpaired) electrons. The summed E-state index contributed by atoms with van der Waals surface area (Å²) in [6.07, 6.45) is 0. The Kier molecular flexibility index (Phi) is 8.42. The first-order valence-electron chi connectivity index (χ1n) is 21.0. The van der Waals surface area contributed by atoms with E-state index in [0.29, 0.717) is 17.5 Å². The van der Waals surface area contributed by atoms with Crippen LogP contribution in [-0.2, 0) is 0 Å². The van der Waals surface area contributed by atoms with E-state index in [-0.39, 0.29) is 0 Å². The molecule has 0 aliphatic carbocycles.